The molecule has 2 aromatic rings. The van der Waals surface area contributed by atoms with Gasteiger partial charge in [0.15, 0.2) is 0 Å². The Morgan fingerprint density at radius 1 is 1.23 bits per heavy atom. The molecule has 2 aromatic heterocycles. The van der Waals surface area contributed by atoms with Crippen LogP contribution in [-0.4, -0.2) is 22.0 Å². The number of carbonyl (C=O) groups excluding carboxylic acids is 1. The number of aromatic nitrogens is 2. The van der Waals surface area contributed by atoms with Gasteiger partial charge >= 0.3 is 0 Å². The van der Waals surface area contributed by atoms with Crippen LogP contribution in [0.1, 0.15) is 42.5 Å². The van der Waals surface area contributed by atoms with Gasteiger partial charge in [0.1, 0.15) is 5.82 Å². The van der Waals surface area contributed by atoms with E-state index in [1.165, 1.54) is 31.3 Å². The molecule has 1 aliphatic rings. The number of carbonyl (C=O) groups is 1. The van der Waals surface area contributed by atoms with Crippen LogP contribution in [-0.2, 0) is 0 Å². The van der Waals surface area contributed by atoms with E-state index in [1.54, 1.807) is 6.20 Å². The summed E-state index contributed by atoms with van der Waals surface area (Å²) in [5.74, 6) is 0.761. The molecule has 2 heterocycles. The molecule has 0 saturated heterocycles. The van der Waals surface area contributed by atoms with Gasteiger partial charge in [-0.3, -0.25) is 4.79 Å². The summed E-state index contributed by atoms with van der Waals surface area (Å²) < 4.78 is 1.91. The van der Waals surface area contributed by atoms with E-state index in [0.29, 0.717) is 12.1 Å². The third kappa shape index (κ3) is 3.64. The van der Waals surface area contributed by atoms with E-state index < -0.39 is 0 Å². The van der Waals surface area contributed by atoms with Crippen LogP contribution in [0.3, 0.4) is 0 Å². The summed E-state index contributed by atoms with van der Waals surface area (Å²) in [4.78, 5) is 16.4. The Hall–Kier alpha value is -2.36. The molecule has 0 aliphatic heterocycles. The maximum Gasteiger partial charge on any atom is 0.252 e. The first-order chi connectivity index (χ1) is 10.8. The van der Waals surface area contributed by atoms with Gasteiger partial charge in [-0.05, 0) is 56.4 Å². The minimum absolute atomic E-state index is 0.0528. The maximum absolute atomic E-state index is 12.1. The van der Waals surface area contributed by atoms with Gasteiger partial charge in [0.25, 0.3) is 5.91 Å². The van der Waals surface area contributed by atoms with Crippen LogP contribution in [0.25, 0.3) is 5.82 Å². The fourth-order valence-electron chi connectivity index (χ4n) is 2.73. The fourth-order valence-corrected chi connectivity index (χ4v) is 2.73. The Labute approximate surface area is 130 Å². The first-order valence-electron chi connectivity index (χ1n) is 7.88. The normalized spacial score (nSPS) is 14.5. The minimum Gasteiger partial charge on any atom is -0.352 e. The summed E-state index contributed by atoms with van der Waals surface area (Å²) in [6, 6.07) is 7.57. The molecule has 0 radical (unpaired) electrons. The Morgan fingerprint density at radius 2 is 2.09 bits per heavy atom. The number of pyridine rings is 1. The predicted octanol–water partition coefficient (Wildman–Crippen LogP) is 3.49. The van der Waals surface area contributed by atoms with Crippen molar-refractivity contribution < 1.29 is 4.79 Å². The van der Waals surface area contributed by atoms with Crippen LogP contribution < -0.4 is 5.32 Å². The van der Waals surface area contributed by atoms with Crippen molar-refractivity contribution in [1.29, 1.82) is 0 Å². The topological polar surface area (TPSA) is 46.9 Å². The van der Waals surface area contributed by atoms with Crippen LogP contribution in [0.4, 0.5) is 0 Å². The largest absolute Gasteiger partial charge is 0.352 e. The average molecular weight is 295 g/mol. The molecule has 1 N–H and O–H groups in total. The second kappa shape index (κ2) is 7.07. The van der Waals surface area contributed by atoms with Crippen LogP contribution in [0.5, 0.6) is 0 Å². The molecule has 114 valence electrons. The van der Waals surface area contributed by atoms with Gasteiger partial charge in [0.05, 0.1) is 5.56 Å². The van der Waals surface area contributed by atoms with Gasteiger partial charge < -0.3 is 9.88 Å². The first-order valence-corrected chi connectivity index (χ1v) is 7.88. The van der Waals surface area contributed by atoms with E-state index >= 15 is 0 Å². The second-order valence-electron chi connectivity index (χ2n) is 5.61. The van der Waals surface area contributed by atoms with E-state index in [-0.39, 0.29) is 5.91 Å². The number of amides is 1. The monoisotopic (exact) mass is 295 g/mol. The van der Waals surface area contributed by atoms with Gasteiger partial charge in [-0.1, -0.05) is 11.6 Å². The number of nitrogens with one attached hydrogen (secondary N) is 1. The highest BCUT2D eigenvalue weighted by atomic mass is 16.1. The Morgan fingerprint density at radius 3 is 2.77 bits per heavy atom. The molecule has 22 heavy (non-hydrogen) atoms. The lowest BCUT2D eigenvalue weighted by Gasteiger charge is -2.13. The quantitative estimate of drug-likeness (QED) is 0.858. The third-order valence-electron chi connectivity index (χ3n) is 4.00. The summed E-state index contributed by atoms with van der Waals surface area (Å²) in [5, 5.41) is 2.97. The van der Waals surface area contributed by atoms with Gasteiger partial charge in [0.2, 0.25) is 0 Å². The van der Waals surface area contributed by atoms with Crippen LogP contribution in [0.15, 0.2) is 54.5 Å². The van der Waals surface area contributed by atoms with Crippen molar-refractivity contribution in [2.45, 2.75) is 32.1 Å². The molecule has 1 amide bonds. The van der Waals surface area contributed by atoms with E-state index in [0.717, 1.165) is 12.2 Å². The van der Waals surface area contributed by atoms with Crippen molar-refractivity contribution in [3.8, 4) is 5.82 Å². The van der Waals surface area contributed by atoms with Crippen molar-refractivity contribution in [2.75, 3.05) is 6.54 Å². The molecule has 4 nitrogen and oxygen atoms in total. The van der Waals surface area contributed by atoms with E-state index in [9.17, 15) is 4.79 Å². The maximum atomic E-state index is 12.1. The smallest absolute Gasteiger partial charge is 0.252 e. The van der Waals surface area contributed by atoms with Crippen molar-refractivity contribution in [2.24, 2.45) is 0 Å². The summed E-state index contributed by atoms with van der Waals surface area (Å²) in [6.45, 7) is 0.698. The van der Waals surface area contributed by atoms with Gasteiger partial charge in [-0.15, -0.1) is 0 Å². The van der Waals surface area contributed by atoms with E-state index in [2.05, 4.69) is 16.4 Å². The highest BCUT2D eigenvalue weighted by Crippen LogP contribution is 2.19. The Bertz CT molecular complexity index is 641. The zero-order chi connectivity index (χ0) is 15.2. The van der Waals surface area contributed by atoms with Gasteiger partial charge in [0, 0.05) is 25.1 Å². The Kier molecular flexibility index (Phi) is 4.68. The second-order valence-corrected chi connectivity index (χ2v) is 5.61. The number of nitrogens with zero attached hydrogens (tertiary/aromatic N) is 2. The molecule has 3 rings (SSSR count). The zero-order valence-corrected chi connectivity index (χ0v) is 12.7. The zero-order valence-electron chi connectivity index (χ0n) is 12.7. The molecular weight excluding hydrogens is 274 g/mol. The summed E-state index contributed by atoms with van der Waals surface area (Å²) in [6.07, 6.45) is 13.7. The lowest BCUT2D eigenvalue weighted by Crippen LogP contribution is -2.25. The molecule has 0 fully saturated rings. The van der Waals surface area contributed by atoms with Gasteiger partial charge in [-0.2, -0.15) is 0 Å². The van der Waals surface area contributed by atoms with E-state index in [4.69, 9.17) is 0 Å². The Balaban J connectivity index is 1.52. The average Bonchev–Trinajstić information content (AvgIpc) is 3.10. The number of rotatable bonds is 5. The lowest BCUT2D eigenvalue weighted by atomic mass is 9.97. The minimum atomic E-state index is -0.0528. The standard InChI is InChI=1S/C18H21N3O/c22-18(19-11-10-15-6-2-1-3-7-15)16-8-9-17(20-14-16)21-12-4-5-13-21/h4-6,8-9,12-14H,1-3,7,10-11H2,(H,19,22). The van der Waals surface area contributed by atoms with Crippen LogP contribution in [0, 0.1) is 0 Å². The number of hydrogen-bond donors (Lipinski definition) is 1. The van der Waals surface area contributed by atoms with Crippen molar-refractivity contribution in [3.05, 3.63) is 60.1 Å². The van der Waals surface area contributed by atoms with Crippen LogP contribution in [0.2, 0.25) is 0 Å². The molecule has 0 saturated carbocycles. The molecule has 1 aliphatic carbocycles. The number of hydrogen-bond acceptors (Lipinski definition) is 2. The summed E-state index contributed by atoms with van der Waals surface area (Å²) in [5.41, 5.74) is 2.08. The third-order valence-corrected chi connectivity index (χ3v) is 4.00. The van der Waals surface area contributed by atoms with Crippen molar-refractivity contribution in [3.63, 3.8) is 0 Å². The van der Waals surface area contributed by atoms with Crippen molar-refractivity contribution >= 4 is 5.91 Å². The lowest BCUT2D eigenvalue weighted by molar-refractivity contribution is 0.0953. The predicted molar refractivity (Wildman–Crippen MR) is 87.1 cm³/mol. The SMILES string of the molecule is O=C(NCCC1=CCCCC1)c1ccc(-n2cccc2)nc1. The molecule has 0 unspecified atom stereocenters. The first kappa shape index (κ1) is 14.6. The highest BCUT2D eigenvalue weighted by molar-refractivity contribution is 5.93. The fraction of sp³-hybridized carbons (Fsp3) is 0.333. The summed E-state index contributed by atoms with van der Waals surface area (Å²) in [7, 11) is 0. The molecule has 0 bridgehead atoms. The number of allylic oxidation sites excluding steroid dienone is 1. The van der Waals surface area contributed by atoms with Gasteiger partial charge in [-0.25, -0.2) is 4.98 Å². The summed E-state index contributed by atoms with van der Waals surface area (Å²) >= 11 is 0. The highest BCUT2D eigenvalue weighted by Gasteiger charge is 2.08. The van der Waals surface area contributed by atoms with Crippen LogP contribution >= 0.6 is 0 Å². The molecule has 0 aromatic carbocycles. The van der Waals surface area contributed by atoms with Crippen molar-refractivity contribution in [1.82, 2.24) is 14.9 Å². The molecule has 0 atom stereocenters. The molecule has 0 spiro atoms. The molecule has 4 heteroatoms. The van der Waals surface area contributed by atoms with E-state index in [1.807, 2.05) is 41.2 Å². The molecular formula is C18H21N3O.